The fourth-order valence-electron chi connectivity index (χ4n) is 3.33. The van der Waals surface area contributed by atoms with Crippen LogP contribution >= 0.6 is 11.8 Å². The molecule has 3 aromatic carbocycles. The lowest BCUT2D eigenvalue weighted by molar-refractivity contribution is -0.115. The first-order valence-corrected chi connectivity index (χ1v) is 11.6. The van der Waals surface area contributed by atoms with E-state index in [4.69, 9.17) is 5.11 Å². The summed E-state index contributed by atoms with van der Waals surface area (Å²) in [6, 6.07) is 17.7. The summed E-state index contributed by atoms with van der Waals surface area (Å²) in [5.41, 5.74) is 1.37. The van der Waals surface area contributed by atoms with E-state index in [1.807, 2.05) is 44.2 Å². The number of benzene rings is 3. The maximum atomic E-state index is 12.8. The molecule has 0 bridgehead atoms. The number of carbonyl (C=O) groups excluding carboxylic acids is 2. The highest BCUT2D eigenvalue weighted by atomic mass is 32.2. The van der Waals surface area contributed by atoms with E-state index in [2.05, 4.69) is 10.6 Å². The van der Waals surface area contributed by atoms with Crippen LogP contribution in [-0.2, 0) is 4.79 Å². The van der Waals surface area contributed by atoms with Gasteiger partial charge in [-0.15, -0.1) is 11.8 Å². The van der Waals surface area contributed by atoms with E-state index in [1.54, 1.807) is 18.2 Å². The van der Waals surface area contributed by atoms with Crippen molar-refractivity contribution >= 4 is 46.9 Å². The molecule has 3 aromatic rings. The minimum Gasteiger partial charge on any atom is -0.478 e. The van der Waals surface area contributed by atoms with Crippen molar-refractivity contribution in [3.8, 4) is 0 Å². The van der Waals surface area contributed by atoms with Gasteiger partial charge in [0.25, 0.3) is 5.91 Å². The summed E-state index contributed by atoms with van der Waals surface area (Å²) in [6.07, 6.45) is 0.580. The van der Waals surface area contributed by atoms with Crippen LogP contribution < -0.4 is 10.6 Å². The van der Waals surface area contributed by atoms with E-state index in [0.717, 1.165) is 22.2 Å². The van der Waals surface area contributed by atoms with Crippen LogP contribution in [0.5, 0.6) is 0 Å². The number of hydrogen-bond donors (Lipinski definition) is 4. The Kier molecular flexibility index (Phi) is 8.27. The molecule has 0 aromatic heterocycles. The zero-order valence-corrected chi connectivity index (χ0v) is 19.9. The molecule has 0 spiro atoms. The molecule has 180 valence electrons. The van der Waals surface area contributed by atoms with Gasteiger partial charge in [0, 0.05) is 16.3 Å². The molecule has 0 aliphatic heterocycles. The Hall–Kier alpha value is -4.11. The molecule has 0 radical (unpaired) electrons. The van der Waals surface area contributed by atoms with Gasteiger partial charge in [0.2, 0.25) is 5.91 Å². The Bertz CT molecular complexity index is 1290. The van der Waals surface area contributed by atoms with Crippen LogP contribution in [0.15, 0.2) is 71.6 Å². The van der Waals surface area contributed by atoms with Gasteiger partial charge in [-0.2, -0.15) is 0 Å². The lowest BCUT2D eigenvalue weighted by Crippen LogP contribution is -2.24. The standard InChI is InChI=1S/C26H24N2O6S/c1-3-22(24(30)28-17-7-4-6-15(2)12-17)35-19-9-5-8-18(14-19)27-23(29)20-11-10-16(25(31)32)13-21(20)26(33)34/h4-14,22H,3H2,1-2H3,(H,27,29)(H,28,30)(H,31,32)(H,33,34). The molecule has 3 rings (SSSR count). The van der Waals surface area contributed by atoms with Crippen molar-refractivity contribution in [2.45, 2.75) is 30.4 Å². The number of aromatic carboxylic acids is 2. The van der Waals surface area contributed by atoms with Crippen LogP contribution in [0.2, 0.25) is 0 Å². The molecule has 0 aliphatic carbocycles. The number of anilines is 2. The Morgan fingerprint density at radius 1 is 0.829 bits per heavy atom. The van der Waals surface area contributed by atoms with Crippen LogP contribution in [0.4, 0.5) is 11.4 Å². The largest absolute Gasteiger partial charge is 0.478 e. The second kappa shape index (κ2) is 11.3. The monoisotopic (exact) mass is 492 g/mol. The summed E-state index contributed by atoms with van der Waals surface area (Å²) in [5.74, 6) is -3.53. The summed E-state index contributed by atoms with van der Waals surface area (Å²) in [4.78, 5) is 49.0. The van der Waals surface area contributed by atoms with E-state index in [-0.39, 0.29) is 22.3 Å². The molecule has 1 atom stereocenters. The molecule has 9 heteroatoms. The lowest BCUT2D eigenvalue weighted by Gasteiger charge is -2.16. The lowest BCUT2D eigenvalue weighted by atomic mass is 10.0. The number of thioether (sulfide) groups is 1. The molecule has 0 saturated heterocycles. The topological polar surface area (TPSA) is 133 Å². The molecule has 0 saturated carbocycles. The minimum atomic E-state index is -1.41. The fourth-order valence-corrected chi connectivity index (χ4v) is 4.34. The molecule has 0 fully saturated rings. The van der Waals surface area contributed by atoms with Gasteiger partial charge in [0.1, 0.15) is 0 Å². The van der Waals surface area contributed by atoms with E-state index < -0.39 is 23.4 Å². The summed E-state index contributed by atoms with van der Waals surface area (Å²) >= 11 is 1.35. The number of carboxylic acid groups (broad SMARTS) is 2. The van der Waals surface area contributed by atoms with Gasteiger partial charge in [0.05, 0.1) is 21.9 Å². The van der Waals surface area contributed by atoms with Crippen LogP contribution in [-0.4, -0.2) is 39.2 Å². The van der Waals surface area contributed by atoms with Crippen molar-refractivity contribution in [3.05, 3.63) is 89.0 Å². The van der Waals surface area contributed by atoms with Gasteiger partial charge in [-0.25, -0.2) is 9.59 Å². The van der Waals surface area contributed by atoms with Crippen molar-refractivity contribution in [3.63, 3.8) is 0 Å². The Morgan fingerprint density at radius 3 is 2.14 bits per heavy atom. The third kappa shape index (κ3) is 6.70. The highest BCUT2D eigenvalue weighted by Crippen LogP contribution is 2.29. The van der Waals surface area contributed by atoms with Gasteiger partial charge in [-0.1, -0.05) is 25.1 Å². The predicted molar refractivity (Wildman–Crippen MR) is 135 cm³/mol. The molecule has 8 nitrogen and oxygen atoms in total. The maximum Gasteiger partial charge on any atom is 0.336 e. The number of hydrogen-bond acceptors (Lipinski definition) is 5. The minimum absolute atomic E-state index is 0.137. The summed E-state index contributed by atoms with van der Waals surface area (Å²) in [5, 5.41) is 23.7. The normalized spacial score (nSPS) is 11.4. The van der Waals surface area contributed by atoms with Gasteiger partial charge in [0.15, 0.2) is 0 Å². The number of nitrogens with one attached hydrogen (secondary N) is 2. The third-order valence-electron chi connectivity index (χ3n) is 5.06. The second-order valence-electron chi connectivity index (χ2n) is 7.73. The number of aryl methyl sites for hydroxylation is 1. The smallest absolute Gasteiger partial charge is 0.336 e. The number of rotatable bonds is 9. The van der Waals surface area contributed by atoms with E-state index in [9.17, 15) is 24.3 Å². The third-order valence-corrected chi connectivity index (χ3v) is 6.42. The van der Waals surface area contributed by atoms with Crippen molar-refractivity contribution in [2.24, 2.45) is 0 Å². The van der Waals surface area contributed by atoms with Crippen molar-refractivity contribution < 1.29 is 29.4 Å². The Morgan fingerprint density at radius 2 is 1.51 bits per heavy atom. The molecule has 0 heterocycles. The summed E-state index contributed by atoms with van der Waals surface area (Å²) < 4.78 is 0. The zero-order chi connectivity index (χ0) is 25.5. The van der Waals surface area contributed by atoms with Crippen LogP contribution in [0.1, 0.15) is 50.0 Å². The molecule has 2 amide bonds. The molecule has 35 heavy (non-hydrogen) atoms. The molecule has 0 aliphatic rings. The number of carboxylic acids is 2. The molecular formula is C26H24N2O6S. The number of carbonyl (C=O) groups is 4. The number of amides is 2. The average Bonchev–Trinajstić information content (AvgIpc) is 2.82. The average molecular weight is 493 g/mol. The van der Waals surface area contributed by atoms with Gasteiger partial charge in [-0.3, -0.25) is 9.59 Å². The van der Waals surface area contributed by atoms with Crippen LogP contribution in [0, 0.1) is 6.92 Å². The SMILES string of the molecule is CCC(Sc1cccc(NC(=O)c2ccc(C(=O)O)cc2C(=O)O)c1)C(=O)Nc1cccc(C)c1. The quantitative estimate of drug-likeness (QED) is 0.304. The highest BCUT2D eigenvalue weighted by Gasteiger charge is 2.21. The van der Waals surface area contributed by atoms with Gasteiger partial charge in [-0.05, 0) is 67.4 Å². The molecule has 1 unspecified atom stereocenters. The Balaban J connectivity index is 1.74. The van der Waals surface area contributed by atoms with Crippen LogP contribution in [0.25, 0.3) is 0 Å². The van der Waals surface area contributed by atoms with E-state index >= 15 is 0 Å². The summed E-state index contributed by atoms with van der Waals surface area (Å²) in [7, 11) is 0. The van der Waals surface area contributed by atoms with E-state index in [0.29, 0.717) is 12.1 Å². The zero-order valence-electron chi connectivity index (χ0n) is 19.1. The molecular weight excluding hydrogens is 468 g/mol. The second-order valence-corrected chi connectivity index (χ2v) is 9.00. The first kappa shape index (κ1) is 25.5. The van der Waals surface area contributed by atoms with Crippen molar-refractivity contribution in [1.82, 2.24) is 0 Å². The molecule has 4 N–H and O–H groups in total. The summed E-state index contributed by atoms with van der Waals surface area (Å²) in [6.45, 7) is 3.86. The van der Waals surface area contributed by atoms with E-state index in [1.165, 1.54) is 23.9 Å². The predicted octanol–water partition coefficient (Wildman–Crippen LogP) is 5.15. The first-order chi connectivity index (χ1) is 16.7. The van der Waals surface area contributed by atoms with Crippen LogP contribution in [0.3, 0.4) is 0 Å². The first-order valence-electron chi connectivity index (χ1n) is 10.7. The highest BCUT2D eigenvalue weighted by molar-refractivity contribution is 8.00. The maximum absolute atomic E-state index is 12.8. The fraction of sp³-hybridized carbons (Fsp3) is 0.154. The van der Waals surface area contributed by atoms with Crippen molar-refractivity contribution in [1.29, 1.82) is 0 Å². The van der Waals surface area contributed by atoms with Crippen molar-refractivity contribution in [2.75, 3.05) is 10.6 Å². The van der Waals surface area contributed by atoms with Gasteiger partial charge < -0.3 is 20.8 Å². The van der Waals surface area contributed by atoms with Gasteiger partial charge >= 0.3 is 11.9 Å². The Labute approximate surface area is 206 Å².